The number of para-hydroxylation sites is 2. The molecule has 0 atom stereocenters. The standard InChI is InChI=1S/C17H16N2O2/c1-2-11-7-8-16(20)12(9-11)15-10-17(21)19-14-6-4-3-5-13(14)18-15/h3-9,20H,2,10H2,1H3,(H,19,21). The molecule has 0 aromatic heterocycles. The van der Waals surface area contributed by atoms with Gasteiger partial charge in [0, 0.05) is 5.56 Å². The summed E-state index contributed by atoms with van der Waals surface area (Å²) in [5, 5.41) is 12.9. The fourth-order valence-corrected chi connectivity index (χ4v) is 2.40. The van der Waals surface area contributed by atoms with Crippen molar-refractivity contribution in [1.29, 1.82) is 0 Å². The van der Waals surface area contributed by atoms with Gasteiger partial charge in [-0.15, -0.1) is 0 Å². The van der Waals surface area contributed by atoms with Crippen LogP contribution in [0.3, 0.4) is 0 Å². The summed E-state index contributed by atoms with van der Waals surface area (Å²) >= 11 is 0. The van der Waals surface area contributed by atoms with E-state index >= 15 is 0 Å². The van der Waals surface area contributed by atoms with Gasteiger partial charge in [-0.1, -0.05) is 25.1 Å². The van der Waals surface area contributed by atoms with E-state index in [4.69, 9.17) is 0 Å². The lowest BCUT2D eigenvalue weighted by Gasteiger charge is -2.08. The van der Waals surface area contributed by atoms with Crippen LogP contribution in [0.4, 0.5) is 11.4 Å². The molecule has 106 valence electrons. The third kappa shape index (κ3) is 2.65. The Kier molecular flexibility index (Phi) is 3.44. The number of aryl methyl sites for hydroxylation is 1. The molecule has 0 aliphatic carbocycles. The Labute approximate surface area is 123 Å². The molecular formula is C17H16N2O2. The van der Waals surface area contributed by atoms with Crippen LogP contribution >= 0.6 is 0 Å². The number of rotatable bonds is 2. The molecule has 0 unspecified atom stereocenters. The van der Waals surface area contributed by atoms with Crippen LogP contribution in [0.5, 0.6) is 5.75 Å². The molecular weight excluding hydrogens is 264 g/mol. The summed E-state index contributed by atoms with van der Waals surface area (Å²) < 4.78 is 0. The molecule has 0 saturated heterocycles. The first kappa shape index (κ1) is 13.4. The van der Waals surface area contributed by atoms with Crippen molar-refractivity contribution in [3.8, 4) is 5.75 Å². The number of benzene rings is 2. The number of anilines is 1. The zero-order valence-electron chi connectivity index (χ0n) is 11.8. The smallest absolute Gasteiger partial charge is 0.230 e. The number of nitrogens with one attached hydrogen (secondary N) is 1. The number of aliphatic imine (C=N–C) groups is 1. The number of phenolic OH excluding ortho intramolecular Hbond substituents is 1. The Balaban J connectivity index is 2.13. The summed E-state index contributed by atoms with van der Waals surface area (Å²) in [6.07, 6.45) is 1.01. The van der Waals surface area contributed by atoms with Crippen LogP contribution in [0.15, 0.2) is 47.5 Å². The Hall–Kier alpha value is -2.62. The predicted octanol–water partition coefficient (Wildman–Crippen LogP) is 3.42. The van der Waals surface area contributed by atoms with E-state index < -0.39 is 0 Å². The number of carbonyl (C=O) groups is 1. The number of aromatic hydroxyl groups is 1. The Morgan fingerprint density at radius 1 is 1.24 bits per heavy atom. The average molecular weight is 280 g/mol. The van der Waals surface area contributed by atoms with Crippen molar-refractivity contribution in [1.82, 2.24) is 0 Å². The van der Waals surface area contributed by atoms with Gasteiger partial charge >= 0.3 is 0 Å². The number of carbonyl (C=O) groups excluding carboxylic acids is 1. The Morgan fingerprint density at radius 2 is 2.05 bits per heavy atom. The molecule has 2 aromatic carbocycles. The normalized spacial score (nSPS) is 14.0. The topological polar surface area (TPSA) is 61.7 Å². The predicted molar refractivity (Wildman–Crippen MR) is 83.4 cm³/mol. The van der Waals surface area contributed by atoms with Gasteiger partial charge in [0.05, 0.1) is 23.5 Å². The SMILES string of the molecule is CCc1ccc(O)c(C2=Nc3ccccc3NC(=O)C2)c1. The largest absolute Gasteiger partial charge is 0.507 e. The number of amides is 1. The minimum absolute atomic E-state index is 0.125. The molecule has 4 heteroatoms. The third-order valence-electron chi connectivity index (χ3n) is 3.54. The van der Waals surface area contributed by atoms with Crippen LogP contribution in [-0.2, 0) is 11.2 Å². The zero-order chi connectivity index (χ0) is 14.8. The van der Waals surface area contributed by atoms with Crippen molar-refractivity contribution < 1.29 is 9.90 Å². The molecule has 2 N–H and O–H groups in total. The molecule has 0 radical (unpaired) electrons. The molecule has 3 rings (SSSR count). The van der Waals surface area contributed by atoms with Crippen molar-refractivity contribution in [2.45, 2.75) is 19.8 Å². The van der Waals surface area contributed by atoms with E-state index in [0.717, 1.165) is 12.0 Å². The first-order chi connectivity index (χ1) is 10.2. The van der Waals surface area contributed by atoms with Gasteiger partial charge in [-0.25, -0.2) is 4.99 Å². The zero-order valence-corrected chi connectivity index (χ0v) is 11.8. The summed E-state index contributed by atoms with van der Waals surface area (Å²) in [4.78, 5) is 16.6. The highest BCUT2D eigenvalue weighted by Crippen LogP contribution is 2.30. The van der Waals surface area contributed by atoms with E-state index in [0.29, 0.717) is 22.6 Å². The lowest BCUT2D eigenvalue weighted by molar-refractivity contribution is -0.115. The van der Waals surface area contributed by atoms with Crippen molar-refractivity contribution in [3.05, 3.63) is 53.6 Å². The fourth-order valence-electron chi connectivity index (χ4n) is 2.40. The van der Waals surface area contributed by atoms with Crippen molar-refractivity contribution in [2.75, 3.05) is 5.32 Å². The molecule has 0 fully saturated rings. The fraction of sp³-hybridized carbons (Fsp3) is 0.176. The number of hydrogen-bond acceptors (Lipinski definition) is 3. The number of phenols is 1. The second kappa shape index (κ2) is 5.40. The lowest BCUT2D eigenvalue weighted by atomic mass is 10.0. The number of nitrogens with zero attached hydrogens (tertiary/aromatic N) is 1. The molecule has 2 aromatic rings. The van der Waals surface area contributed by atoms with Crippen LogP contribution in [0.25, 0.3) is 0 Å². The number of fused-ring (bicyclic) bond motifs is 1. The molecule has 1 amide bonds. The minimum atomic E-state index is -0.125. The van der Waals surface area contributed by atoms with E-state index in [9.17, 15) is 9.90 Å². The second-order valence-electron chi connectivity index (χ2n) is 5.01. The second-order valence-corrected chi connectivity index (χ2v) is 5.01. The summed E-state index contributed by atoms with van der Waals surface area (Å²) in [5.41, 5.74) is 3.72. The first-order valence-corrected chi connectivity index (χ1v) is 6.96. The molecule has 1 aliphatic heterocycles. The quantitative estimate of drug-likeness (QED) is 0.885. The van der Waals surface area contributed by atoms with Crippen LogP contribution in [0.1, 0.15) is 24.5 Å². The molecule has 1 aliphatic rings. The van der Waals surface area contributed by atoms with Crippen LogP contribution in [0.2, 0.25) is 0 Å². The monoisotopic (exact) mass is 280 g/mol. The summed E-state index contributed by atoms with van der Waals surface area (Å²) in [5.74, 6) is 0.0260. The molecule has 0 saturated carbocycles. The maximum absolute atomic E-state index is 12.0. The van der Waals surface area contributed by atoms with Gasteiger partial charge in [0.15, 0.2) is 0 Å². The Morgan fingerprint density at radius 3 is 2.86 bits per heavy atom. The highest BCUT2D eigenvalue weighted by atomic mass is 16.3. The van der Waals surface area contributed by atoms with Crippen molar-refractivity contribution in [3.63, 3.8) is 0 Å². The van der Waals surface area contributed by atoms with Crippen LogP contribution in [-0.4, -0.2) is 16.7 Å². The molecule has 0 bridgehead atoms. The maximum atomic E-state index is 12.0. The van der Waals surface area contributed by atoms with Crippen molar-refractivity contribution in [2.24, 2.45) is 4.99 Å². The molecule has 4 nitrogen and oxygen atoms in total. The van der Waals surface area contributed by atoms with Gasteiger partial charge in [-0.2, -0.15) is 0 Å². The van der Waals surface area contributed by atoms with E-state index in [1.54, 1.807) is 6.07 Å². The van der Waals surface area contributed by atoms with Gasteiger partial charge in [0.1, 0.15) is 5.75 Å². The Bertz CT molecular complexity index is 735. The highest BCUT2D eigenvalue weighted by Gasteiger charge is 2.19. The first-order valence-electron chi connectivity index (χ1n) is 6.96. The minimum Gasteiger partial charge on any atom is -0.507 e. The van der Waals surface area contributed by atoms with Gasteiger partial charge in [0.25, 0.3) is 0 Å². The summed E-state index contributed by atoms with van der Waals surface area (Å²) in [7, 11) is 0. The van der Waals surface area contributed by atoms with Gasteiger partial charge in [0.2, 0.25) is 5.91 Å². The summed E-state index contributed by atoms with van der Waals surface area (Å²) in [6, 6.07) is 12.8. The number of hydrogen-bond donors (Lipinski definition) is 2. The van der Waals surface area contributed by atoms with E-state index in [1.807, 2.05) is 43.3 Å². The highest BCUT2D eigenvalue weighted by molar-refractivity contribution is 6.17. The lowest BCUT2D eigenvalue weighted by Crippen LogP contribution is -2.15. The maximum Gasteiger partial charge on any atom is 0.230 e. The van der Waals surface area contributed by atoms with E-state index in [-0.39, 0.29) is 18.1 Å². The van der Waals surface area contributed by atoms with Crippen LogP contribution < -0.4 is 5.32 Å². The van der Waals surface area contributed by atoms with E-state index in [1.165, 1.54) is 0 Å². The van der Waals surface area contributed by atoms with Gasteiger partial charge < -0.3 is 10.4 Å². The van der Waals surface area contributed by atoms with Crippen molar-refractivity contribution >= 4 is 23.0 Å². The third-order valence-corrected chi connectivity index (χ3v) is 3.54. The molecule has 1 heterocycles. The van der Waals surface area contributed by atoms with Crippen LogP contribution in [0, 0.1) is 0 Å². The molecule has 0 spiro atoms. The molecule has 21 heavy (non-hydrogen) atoms. The summed E-state index contributed by atoms with van der Waals surface area (Å²) in [6.45, 7) is 2.05. The van der Waals surface area contributed by atoms with Gasteiger partial charge in [-0.3, -0.25) is 4.79 Å². The van der Waals surface area contributed by atoms with E-state index in [2.05, 4.69) is 10.3 Å². The average Bonchev–Trinajstić information content (AvgIpc) is 2.65. The van der Waals surface area contributed by atoms with Gasteiger partial charge in [-0.05, 0) is 36.2 Å².